The van der Waals surface area contributed by atoms with Crippen molar-refractivity contribution in [1.29, 1.82) is 0 Å². The fourth-order valence-corrected chi connectivity index (χ4v) is 1.07. The fourth-order valence-electron chi connectivity index (χ4n) is 1.07. The average molecular weight is 162 g/mol. The van der Waals surface area contributed by atoms with Gasteiger partial charge < -0.3 is 5.73 Å². The van der Waals surface area contributed by atoms with E-state index in [-0.39, 0.29) is 5.78 Å². The number of benzene rings is 1. The third kappa shape index (κ3) is 2.47. The van der Waals surface area contributed by atoms with Gasteiger partial charge in [-0.2, -0.15) is 0 Å². The average Bonchev–Trinajstić information content (AvgIpc) is 2.03. The van der Waals surface area contributed by atoms with Gasteiger partial charge in [-0.1, -0.05) is 18.2 Å². The van der Waals surface area contributed by atoms with Crippen LogP contribution >= 0.6 is 0 Å². The minimum Gasteiger partial charge on any atom is -0.326 e. The number of Topliss-reactive ketones (excluding diaryl/α,β-unsaturated/α-hetero) is 1. The Kier molecular flexibility index (Phi) is 3.00. The van der Waals surface area contributed by atoms with Crippen LogP contribution in [0.1, 0.15) is 18.1 Å². The molecule has 0 bridgehead atoms. The van der Waals surface area contributed by atoms with Crippen molar-refractivity contribution in [2.45, 2.75) is 19.9 Å². The van der Waals surface area contributed by atoms with Crippen molar-refractivity contribution in [3.05, 3.63) is 35.4 Å². The maximum atomic E-state index is 10.8. The molecule has 0 aromatic heterocycles. The van der Waals surface area contributed by atoms with E-state index in [1.165, 1.54) is 0 Å². The molecule has 63 valence electrons. The molecule has 0 aliphatic carbocycles. The molecule has 2 N–H and O–H groups in total. The predicted octanol–water partition coefficient (Wildman–Crippen LogP) is 1.08. The quantitative estimate of drug-likeness (QED) is 0.722. The Balaban J connectivity index is 2.79. The second kappa shape index (κ2) is 4.02. The van der Waals surface area contributed by atoms with Gasteiger partial charge in [-0.3, -0.25) is 4.79 Å². The van der Waals surface area contributed by atoms with E-state index < -0.39 is 0 Å². The van der Waals surface area contributed by atoms with E-state index in [2.05, 4.69) is 6.07 Å². The lowest BCUT2D eigenvalue weighted by molar-refractivity contribution is -0.116. The van der Waals surface area contributed by atoms with Gasteiger partial charge in [-0.25, -0.2) is 0 Å². The van der Waals surface area contributed by atoms with Crippen molar-refractivity contribution in [3.8, 4) is 0 Å². The van der Waals surface area contributed by atoms with E-state index in [1.807, 2.05) is 12.1 Å². The predicted molar refractivity (Wildman–Crippen MR) is 47.6 cm³/mol. The summed E-state index contributed by atoms with van der Waals surface area (Å²) in [5.41, 5.74) is 7.42. The molecule has 1 radical (unpaired) electrons. The molecule has 1 aromatic carbocycles. The van der Waals surface area contributed by atoms with Gasteiger partial charge in [-0.15, -0.1) is 0 Å². The molecule has 2 nitrogen and oxygen atoms in total. The summed E-state index contributed by atoms with van der Waals surface area (Å²) < 4.78 is 0. The zero-order valence-electron chi connectivity index (χ0n) is 7.13. The van der Waals surface area contributed by atoms with Crippen LogP contribution < -0.4 is 5.73 Å². The van der Waals surface area contributed by atoms with Crippen LogP contribution in [-0.4, -0.2) is 5.78 Å². The first-order valence-electron chi connectivity index (χ1n) is 3.91. The summed E-state index contributed by atoms with van der Waals surface area (Å²) in [6.07, 6.45) is 0.452. The first-order valence-corrected chi connectivity index (χ1v) is 3.91. The number of carbonyl (C=O) groups is 1. The summed E-state index contributed by atoms with van der Waals surface area (Å²) in [5, 5.41) is 0. The highest BCUT2D eigenvalue weighted by atomic mass is 16.1. The number of hydrogen-bond donors (Lipinski definition) is 1. The molecule has 0 spiro atoms. The first kappa shape index (κ1) is 8.94. The highest BCUT2D eigenvalue weighted by Gasteiger charge is 1.97. The minimum atomic E-state index is 0.153. The number of rotatable bonds is 3. The van der Waals surface area contributed by atoms with Crippen LogP contribution in [0.25, 0.3) is 0 Å². The summed E-state index contributed by atoms with van der Waals surface area (Å²) in [5.74, 6) is 0.153. The summed E-state index contributed by atoms with van der Waals surface area (Å²) in [4.78, 5) is 10.8. The van der Waals surface area contributed by atoms with Crippen LogP contribution in [0.5, 0.6) is 0 Å². The number of carbonyl (C=O) groups excluding carboxylic acids is 1. The first-order chi connectivity index (χ1) is 5.72. The number of hydrogen-bond acceptors (Lipinski definition) is 2. The molecule has 0 amide bonds. The highest BCUT2D eigenvalue weighted by Crippen LogP contribution is 2.04. The monoisotopic (exact) mass is 162 g/mol. The van der Waals surface area contributed by atoms with Crippen LogP contribution in [0.4, 0.5) is 0 Å². The van der Waals surface area contributed by atoms with E-state index in [0.29, 0.717) is 13.0 Å². The maximum Gasteiger partial charge on any atom is 0.134 e. The Hall–Kier alpha value is -1.15. The Bertz CT molecular complexity index is 281. The molecule has 1 aromatic rings. The maximum absolute atomic E-state index is 10.8. The molecule has 0 fully saturated rings. The molecule has 2 heteroatoms. The lowest BCUT2D eigenvalue weighted by atomic mass is 10.1. The molecule has 0 aliphatic heterocycles. The summed E-state index contributed by atoms with van der Waals surface area (Å²) in [7, 11) is 0. The molecule has 0 heterocycles. The summed E-state index contributed by atoms with van der Waals surface area (Å²) >= 11 is 0. The van der Waals surface area contributed by atoms with Crippen molar-refractivity contribution in [1.82, 2.24) is 0 Å². The van der Waals surface area contributed by atoms with Gasteiger partial charge in [0.25, 0.3) is 0 Å². The Morgan fingerprint density at radius 2 is 2.42 bits per heavy atom. The largest absolute Gasteiger partial charge is 0.326 e. The number of ketones is 1. The Morgan fingerprint density at radius 1 is 1.67 bits per heavy atom. The van der Waals surface area contributed by atoms with Crippen LogP contribution in [0.15, 0.2) is 18.2 Å². The van der Waals surface area contributed by atoms with Gasteiger partial charge in [0.1, 0.15) is 5.78 Å². The molecular formula is C10H12NO. The normalized spacial score (nSPS) is 9.83. The topological polar surface area (TPSA) is 43.1 Å². The summed E-state index contributed by atoms with van der Waals surface area (Å²) in [6.45, 7) is 2.09. The van der Waals surface area contributed by atoms with Crippen molar-refractivity contribution in [3.63, 3.8) is 0 Å². The second-order valence-corrected chi connectivity index (χ2v) is 2.81. The lowest BCUT2D eigenvalue weighted by Gasteiger charge is -1.99. The molecule has 1 rings (SSSR count). The molecule has 0 saturated carbocycles. The van der Waals surface area contributed by atoms with Crippen LogP contribution in [-0.2, 0) is 17.8 Å². The van der Waals surface area contributed by atoms with Gasteiger partial charge in [0.05, 0.1) is 0 Å². The van der Waals surface area contributed by atoms with Crippen LogP contribution in [0, 0.1) is 6.07 Å². The number of nitrogens with two attached hydrogens (primary N) is 1. The van der Waals surface area contributed by atoms with Crippen molar-refractivity contribution < 1.29 is 4.79 Å². The van der Waals surface area contributed by atoms with Crippen molar-refractivity contribution >= 4 is 5.78 Å². The lowest BCUT2D eigenvalue weighted by Crippen LogP contribution is -2.00. The molecule has 0 aliphatic rings. The molecular weight excluding hydrogens is 150 g/mol. The third-order valence-electron chi connectivity index (χ3n) is 1.60. The van der Waals surface area contributed by atoms with E-state index in [9.17, 15) is 4.79 Å². The van der Waals surface area contributed by atoms with E-state index in [1.54, 1.807) is 13.0 Å². The van der Waals surface area contributed by atoms with Gasteiger partial charge in [0.15, 0.2) is 0 Å². The minimum absolute atomic E-state index is 0.153. The molecule has 0 atom stereocenters. The third-order valence-corrected chi connectivity index (χ3v) is 1.60. The zero-order chi connectivity index (χ0) is 8.97. The van der Waals surface area contributed by atoms with Crippen molar-refractivity contribution in [2.24, 2.45) is 5.73 Å². The van der Waals surface area contributed by atoms with Crippen LogP contribution in [0.2, 0.25) is 0 Å². The Labute approximate surface area is 72.4 Å². The summed E-state index contributed by atoms with van der Waals surface area (Å²) in [6, 6.07) is 8.63. The van der Waals surface area contributed by atoms with E-state index in [4.69, 9.17) is 5.73 Å². The molecule has 12 heavy (non-hydrogen) atoms. The fraction of sp³-hybridized carbons (Fsp3) is 0.300. The molecule has 0 saturated heterocycles. The molecule has 0 unspecified atom stereocenters. The van der Waals surface area contributed by atoms with E-state index in [0.717, 1.165) is 11.1 Å². The van der Waals surface area contributed by atoms with Crippen molar-refractivity contribution in [2.75, 3.05) is 0 Å². The smallest absolute Gasteiger partial charge is 0.134 e. The standard InChI is InChI=1S/C10H12NO/c1-8(12)5-9-3-2-4-10(6-9)7-11/h2,4,6H,5,7,11H2,1H3. The van der Waals surface area contributed by atoms with Gasteiger partial charge in [-0.05, 0) is 24.1 Å². The highest BCUT2D eigenvalue weighted by molar-refractivity contribution is 5.78. The van der Waals surface area contributed by atoms with Gasteiger partial charge in [0.2, 0.25) is 0 Å². The SMILES string of the molecule is CC(=O)Cc1[c]ccc(CN)c1. The Morgan fingerprint density at radius 3 is 3.00 bits per heavy atom. The second-order valence-electron chi connectivity index (χ2n) is 2.81. The van der Waals surface area contributed by atoms with Gasteiger partial charge in [0, 0.05) is 13.0 Å². The zero-order valence-corrected chi connectivity index (χ0v) is 7.13. The van der Waals surface area contributed by atoms with Gasteiger partial charge >= 0.3 is 0 Å². The van der Waals surface area contributed by atoms with E-state index >= 15 is 0 Å². The van der Waals surface area contributed by atoms with Crippen LogP contribution in [0.3, 0.4) is 0 Å².